The number of alkyl halides is 6. The summed E-state index contributed by atoms with van der Waals surface area (Å²) in [6.45, 7) is 10.8. The van der Waals surface area contributed by atoms with Gasteiger partial charge in [-0.15, -0.1) is 0 Å². The molecule has 0 aliphatic carbocycles. The maximum absolute atomic E-state index is 13.4. The molecular formula is C48H40BBrF6N12O8S2. The van der Waals surface area contributed by atoms with Crippen LogP contribution >= 0.6 is 15.9 Å². The molecule has 78 heavy (non-hydrogen) atoms. The van der Waals surface area contributed by atoms with Gasteiger partial charge in [0.05, 0.1) is 15.6 Å². The summed E-state index contributed by atoms with van der Waals surface area (Å²) < 4.78 is 132. The molecule has 0 radical (unpaired) electrons. The van der Waals surface area contributed by atoms with Crippen molar-refractivity contribution in [3.63, 3.8) is 0 Å². The molecule has 2 amide bonds. The van der Waals surface area contributed by atoms with Gasteiger partial charge >= 0.3 is 19.5 Å². The highest BCUT2D eigenvalue weighted by atomic mass is 79.9. The fourth-order valence-electron chi connectivity index (χ4n) is 8.07. The number of nitrogens with zero attached hydrogens (tertiary/aromatic N) is 8. The van der Waals surface area contributed by atoms with Gasteiger partial charge in [-0.1, -0.05) is 24.3 Å². The van der Waals surface area contributed by atoms with Crippen molar-refractivity contribution < 1.29 is 62.8 Å². The van der Waals surface area contributed by atoms with E-state index >= 15 is 0 Å². The Balaban J connectivity index is 0.000000169. The number of aromatic nitrogens is 8. The van der Waals surface area contributed by atoms with Crippen molar-refractivity contribution in [1.82, 2.24) is 48.9 Å². The van der Waals surface area contributed by atoms with Crippen molar-refractivity contribution in [3.05, 3.63) is 158 Å². The zero-order valence-corrected chi connectivity index (χ0v) is 44.4. The van der Waals surface area contributed by atoms with Crippen molar-refractivity contribution >= 4 is 83.6 Å². The van der Waals surface area contributed by atoms with E-state index in [0.29, 0.717) is 21.4 Å². The molecule has 0 saturated carbocycles. The molecule has 0 spiro atoms. The van der Waals surface area contributed by atoms with E-state index < -0.39 is 62.7 Å². The molecule has 2 aliphatic rings. The molecule has 4 aromatic carbocycles. The maximum Gasteiger partial charge on any atom is 0.488 e. The molecule has 6 N–H and O–H groups in total. The summed E-state index contributed by atoms with van der Waals surface area (Å²) in [6, 6.07) is 21.0. The number of hydrogen-bond acceptors (Lipinski definition) is 16. The number of carbonyl (C=O) groups excluding carboxylic acids is 2. The van der Waals surface area contributed by atoms with E-state index in [1.165, 1.54) is 50.5 Å². The number of benzene rings is 4. The van der Waals surface area contributed by atoms with E-state index in [-0.39, 0.29) is 61.2 Å². The third-order valence-corrected chi connectivity index (χ3v) is 14.7. The number of hydrogen-bond donors (Lipinski definition) is 6. The minimum Gasteiger partial charge on any atom is -0.423 e. The van der Waals surface area contributed by atoms with Crippen molar-refractivity contribution in [2.45, 2.75) is 63.7 Å². The largest absolute Gasteiger partial charge is 0.488 e. The Bertz CT molecular complexity index is 3930. The first-order valence-corrected chi connectivity index (χ1v) is 26.3. The van der Waals surface area contributed by atoms with Gasteiger partial charge in [-0.2, -0.15) is 46.5 Å². The fourth-order valence-corrected chi connectivity index (χ4v) is 10.7. The monoisotopic (exact) mass is 1180 g/mol. The first-order chi connectivity index (χ1) is 36.4. The summed E-state index contributed by atoms with van der Waals surface area (Å²) in [5.74, 6) is -0.962. The smallest absolute Gasteiger partial charge is 0.423 e. The summed E-state index contributed by atoms with van der Waals surface area (Å²) in [7, 11) is -9.46. The van der Waals surface area contributed by atoms with Gasteiger partial charge in [0.15, 0.2) is 23.0 Å². The van der Waals surface area contributed by atoms with Gasteiger partial charge in [-0.25, -0.2) is 45.6 Å². The van der Waals surface area contributed by atoms with Crippen LogP contribution in [-0.2, 0) is 32.4 Å². The van der Waals surface area contributed by atoms with E-state index in [9.17, 15) is 52.8 Å². The summed E-state index contributed by atoms with van der Waals surface area (Å²) in [6.07, 6.45) is -6.34. The second-order valence-electron chi connectivity index (χ2n) is 17.7. The Morgan fingerprint density at radius 2 is 0.987 bits per heavy atom. The van der Waals surface area contributed by atoms with Gasteiger partial charge in [-0.3, -0.25) is 9.59 Å². The Kier molecular flexibility index (Phi) is 15.2. The summed E-state index contributed by atoms with van der Waals surface area (Å²) in [5, 5.41) is 31.2. The average Bonchev–Trinajstić information content (AvgIpc) is 4.28. The zero-order valence-electron chi connectivity index (χ0n) is 41.2. The number of carbonyl (C=O) groups is 2. The number of rotatable bonds is 8. The third-order valence-electron chi connectivity index (χ3n) is 11.3. The molecular weight excluding hydrogens is 1140 g/mol. The Hall–Kier alpha value is -8.06. The predicted molar refractivity (Wildman–Crippen MR) is 275 cm³/mol. The lowest BCUT2D eigenvalue weighted by atomic mass is 9.79. The van der Waals surface area contributed by atoms with Gasteiger partial charge in [-0.05, 0) is 151 Å². The quantitative estimate of drug-likeness (QED) is 0.0640. The molecule has 404 valence electrons. The van der Waals surface area contributed by atoms with Crippen molar-refractivity contribution in [2.75, 3.05) is 10.6 Å². The minimum absolute atomic E-state index is 0.0103. The van der Waals surface area contributed by atoms with Crippen LogP contribution in [0, 0.1) is 41.5 Å². The molecule has 0 atom stereocenters. The Morgan fingerprint density at radius 3 is 1.44 bits per heavy atom. The van der Waals surface area contributed by atoms with Gasteiger partial charge in [0, 0.05) is 40.7 Å². The van der Waals surface area contributed by atoms with Gasteiger partial charge in [0.1, 0.15) is 9.79 Å². The minimum atomic E-state index is -4.68. The number of aryl methyl sites for hydroxylation is 6. The highest BCUT2D eigenvalue weighted by Crippen LogP contribution is 2.35. The molecule has 8 aromatic rings. The first-order valence-electron chi connectivity index (χ1n) is 22.5. The molecule has 2 aliphatic heterocycles. The number of amides is 2. The lowest BCUT2D eigenvalue weighted by Crippen LogP contribution is -2.30. The fraction of sp³-hybridized carbons (Fsp3) is 0.167. The number of fused-ring (bicyclic) bond motifs is 2. The van der Waals surface area contributed by atoms with Gasteiger partial charge in [0.25, 0.3) is 31.9 Å². The topological polar surface area (TPSA) is 278 Å². The lowest BCUT2D eigenvalue weighted by molar-refractivity contribution is -0.142. The van der Waals surface area contributed by atoms with E-state index in [4.69, 9.17) is 10.0 Å². The number of anilines is 4. The lowest BCUT2D eigenvalue weighted by Gasteiger charge is -2.14. The van der Waals surface area contributed by atoms with Crippen LogP contribution in [0.3, 0.4) is 0 Å². The van der Waals surface area contributed by atoms with Crippen LogP contribution in [-0.4, -0.2) is 85.3 Å². The predicted octanol–water partition coefficient (Wildman–Crippen LogP) is 7.36. The second-order valence-corrected chi connectivity index (χ2v) is 21.8. The molecule has 0 fully saturated rings. The molecule has 0 unspecified atom stereocenters. The van der Waals surface area contributed by atoms with E-state index in [0.717, 1.165) is 61.6 Å². The maximum atomic E-state index is 13.4. The third kappa shape index (κ3) is 12.2. The second kappa shape index (κ2) is 21.1. The van der Waals surface area contributed by atoms with Crippen LogP contribution in [0.2, 0.25) is 0 Å². The van der Waals surface area contributed by atoms with Crippen LogP contribution in [0.4, 0.5) is 49.6 Å². The SMILES string of the molecule is Cc1cc(C)cc(Nc2ncc(-c3ccc4c(c3)C(=O)NS4(=O)=O)c(-n3nc(C(F)(F)F)cc3C)n2)c1.Cc1cc(C)cc(Nc2ncc(Br)c(-n3nc(C(F)(F)F)cc3C)n2)c1.O=C1NS(=O)(=O)c2ccc(B(O)O)cc21. The highest BCUT2D eigenvalue weighted by molar-refractivity contribution is 9.10. The summed E-state index contributed by atoms with van der Waals surface area (Å²) in [4.78, 5) is 40.4. The van der Waals surface area contributed by atoms with Crippen LogP contribution < -0.4 is 25.5 Å². The number of sulfonamides is 2. The first kappa shape index (κ1) is 56.2. The van der Waals surface area contributed by atoms with E-state index in [2.05, 4.69) is 56.7 Å². The molecule has 0 bridgehead atoms. The van der Waals surface area contributed by atoms with Crippen LogP contribution in [0.5, 0.6) is 0 Å². The van der Waals surface area contributed by atoms with Crippen LogP contribution in [0.1, 0.15) is 65.7 Å². The Morgan fingerprint density at radius 1 is 0.564 bits per heavy atom. The van der Waals surface area contributed by atoms with Crippen molar-refractivity contribution in [2.24, 2.45) is 0 Å². The Labute approximate surface area is 448 Å². The van der Waals surface area contributed by atoms with Crippen molar-refractivity contribution in [1.29, 1.82) is 0 Å². The molecule has 30 heteroatoms. The molecule has 0 saturated heterocycles. The normalized spacial score (nSPS) is 14.0. The molecule has 20 nitrogen and oxygen atoms in total. The highest BCUT2D eigenvalue weighted by Gasteiger charge is 2.37. The molecule has 4 aromatic heterocycles. The zero-order chi connectivity index (χ0) is 57.0. The van der Waals surface area contributed by atoms with E-state index in [1.54, 1.807) is 4.72 Å². The van der Waals surface area contributed by atoms with Crippen molar-refractivity contribution in [3.8, 4) is 22.8 Å². The van der Waals surface area contributed by atoms with Crippen LogP contribution in [0.25, 0.3) is 22.8 Å². The standard InChI is InChI=1S/C24H19F3N6O3S.C17H15BrF3N5.C7H6BNO5S/c1-12-6-13(2)8-16(7-12)29-23-28-11-18(15-4-5-19-17(10-15)22(34)32-37(19,35)36)21(30-23)33-14(3)9-20(31-33)24(25,26)27;1-9-4-10(2)6-12(5-9)23-16-22-8-13(18)15(24-16)26-11(3)7-14(25-26)17(19,20)21;10-7-5-3-4(8(11)12)1-2-6(5)15(13,14)9-7/h4-11H,1-3H3,(H,32,34)(H,28,29,30);4-8H,1-3H3,(H,22,23,24);1-3,11-12H,(H,9,10). The number of halogens is 7. The molecule has 10 rings (SSSR count). The van der Waals surface area contributed by atoms with Gasteiger partial charge < -0.3 is 20.7 Å². The molecule has 6 heterocycles. The van der Waals surface area contributed by atoms with Crippen LogP contribution in [0.15, 0.2) is 112 Å². The number of nitrogens with one attached hydrogen (secondary N) is 4. The summed E-state index contributed by atoms with van der Waals surface area (Å²) in [5.41, 5.74) is 4.48. The van der Waals surface area contributed by atoms with E-state index in [1.807, 2.05) is 68.8 Å². The average molecular weight is 1180 g/mol. The van der Waals surface area contributed by atoms with Gasteiger partial charge in [0.2, 0.25) is 11.9 Å². The summed E-state index contributed by atoms with van der Waals surface area (Å²) >= 11 is 3.27.